The number of hydrogen-bond donors (Lipinski definition) is 1. The lowest BCUT2D eigenvalue weighted by Gasteiger charge is -2.04. The van der Waals surface area contributed by atoms with E-state index >= 15 is 0 Å². The Hall–Kier alpha value is 0.0500. The molecule has 0 saturated carbocycles. The van der Waals surface area contributed by atoms with Crippen LogP contribution in [0.1, 0.15) is 13.3 Å². The van der Waals surface area contributed by atoms with Gasteiger partial charge in [0.05, 0.1) is 0 Å². The zero-order valence-corrected chi connectivity index (χ0v) is 6.79. The second kappa shape index (κ2) is 6.17. The summed E-state index contributed by atoms with van der Waals surface area (Å²) in [6.45, 7) is 6.56. The van der Waals surface area contributed by atoms with Crippen LogP contribution >= 0.6 is 11.8 Å². The quantitative estimate of drug-likeness (QED) is 0.470. The number of rotatable bonds is 5. The Morgan fingerprint density at radius 2 is 2.44 bits per heavy atom. The van der Waals surface area contributed by atoms with Gasteiger partial charge in [0, 0.05) is 11.8 Å². The highest BCUT2D eigenvalue weighted by Gasteiger charge is 1.95. The molecule has 0 aliphatic rings. The van der Waals surface area contributed by atoms with Gasteiger partial charge in [-0.2, -0.15) is 11.8 Å². The highest BCUT2D eigenvalue weighted by molar-refractivity contribution is 7.99. The molecule has 2 N–H and O–H groups in total. The van der Waals surface area contributed by atoms with Crippen LogP contribution < -0.4 is 5.73 Å². The third-order valence-electron chi connectivity index (χ3n) is 1.06. The SMILES string of the molecule is C=CCCSC(C)CN. The fraction of sp³-hybridized carbons (Fsp3) is 0.714. The normalized spacial score (nSPS) is 13.1. The molecule has 0 fully saturated rings. The van der Waals surface area contributed by atoms with Crippen LogP contribution in [-0.4, -0.2) is 17.5 Å². The second-order valence-corrected chi connectivity index (χ2v) is 3.54. The molecule has 0 saturated heterocycles. The monoisotopic (exact) mass is 145 g/mol. The van der Waals surface area contributed by atoms with Crippen LogP contribution in [0.15, 0.2) is 12.7 Å². The van der Waals surface area contributed by atoms with Gasteiger partial charge in [-0.05, 0) is 12.2 Å². The van der Waals surface area contributed by atoms with E-state index in [1.807, 2.05) is 17.8 Å². The van der Waals surface area contributed by atoms with Crippen molar-refractivity contribution in [2.24, 2.45) is 5.73 Å². The highest BCUT2D eigenvalue weighted by atomic mass is 32.2. The predicted molar refractivity (Wildman–Crippen MR) is 45.8 cm³/mol. The van der Waals surface area contributed by atoms with Crippen molar-refractivity contribution in [2.45, 2.75) is 18.6 Å². The van der Waals surface area contributed by atoms with Crippen molar-refractivity contribution in [3.05, 3.63) is 12.7 Å². The molecular weight excluding hydrogens is 130 g/mol. The van der Waals surface area contributed by atoms with Gasteiger partial charge in [0.25, 0.3) is 0 Å². The minimum absolute atomic E-state index is 0.602. The van der Waals surface area contributed by atoms with E-state index in [2.05, 4.69) is 13.5 Å². The van der Waals surface area contributed by atoms with E-state index in [9.17, 15) is 0 Å². The van der Waals surface area contributed by atoms with Gasteiger partial charge in [-0.3, -0.25) is 0 Å². The topological polar surface area (TPSA) is 26.0 Å². The van der Waals surface area contributed by atoms with Gasteiger partial charge in [0.2, 0.25) is 0 Å². The zero-order valence-electron chi connectivity index (χ0n) is 5.97. The molecule has 0 bridgehead atoms. The fourth-order valence-electron chi connectivity index (χ4n) is 0.421. The molecule has 0 rings (SSSR count). The Morgan fingerprint density at radius 3 is 2.89 bits per heavy atom. The lowest BCUT2D eigenvalue weighted by molar-refractivity contribution is 0.949. The number of hydrogen-bond acceptors (Lipinski definition) is 2. The van der Waals surface area contributed by atoms with E-state index in [1.165, 1.54) is 0 Å². The summed E-state index contributed by atoms with van der Waals surface area (Å²) in [5, 5.41) is 0.602. The maximum atomic E-state index is 5.41. The maximum absolute atomic E-state index is 5.41. The molecule has 0 aromatic heterocycles. The molecule has 0 aromatic rings. The van der Waals surface area contributed by atoms with Crippen molar-refractivity contribution < 1.29 is 0 Å². The lowest BCUT2D eigenvalue weighted by Crippen LogP contribution is -2.12. The summed E-state index contributed by atoms with van der Waals surface area (Å²) in [6, 6.07) is 0. The van der Waals surface area contributed by atoms with E-state index in [4.69, 9.17) is 5.73 Å². The van der Waals surface area contributed by atoms with Gasteiger partial charge in [0.1, 0.15) is 0 Å². The summed E-state index contributed by atoms with van der Waals surface area (Å²) in [4.78, 5) is 0. The molecule has 1 atom stereocenters. The molecule has 0 amide bonds. The van der Waals surface area contributed by atoms with Crippen molar-refractivity contribution >= 4 is 11.8 Å². The summed E-state index contributed by atoms with van der Waals surface area (Å²) in [5.41, 5.74) is 5.41. The summed E-state index contributed by atoms with van der Waals surface area (Å²) < 4.78 is 0. The minimum atomic E-state index is 0.602. The van der Waals surface area contributed by atoms with Crippen LogP contribution in [0.4, 0.5) is 0 Å². The molecule has 54 valence electrons. The molecule has 0 heterocycles. The Morgan fingerprint density at radius 1 is 1.78 bits per heavy atom. The van der Waals surface area contributed by atoms with Crippen LogP contribution in [0, 0.1) is 0 Å². The fourth-order valence-corrected chi connectivity index (χ4v) is 1.26. The van der Waals surface area contributed by atoms with Crippen molar-refractivity contribution in [1.82, 2.24) is 0 Å². The summed E-state index contributed by atoms with van der Waals surface area (Å²) >= 11 is 1.90. The smallest absolute Gasteiger partial charge is 0.0142 e. The molecular formula is C7H15NS. The molecule has 0 radical (unpaired) electrons. The van der Waals surface area contributed by atoms with Crippen LogP contribution in [0.3, 0.4) is 0 Å². The van der Waals surface area contributed by atoms with E-state index in [1.54, 1.807) is 0 Å². The van der Waals surface area contributed by atoms with Gasteiger partial charge in [-0.1, -0.05) is 13.0 Å². The van der Waals surface area contributed by atoms with E-state index in [0.717, 1.165) is 18.7 Å². The standard InChI is InChI=1S/C7H15NS/c1-3-4-5-9-7(2)6-8/h3,7H,1,4-6,8H2,2H3. The first-order valence-corrected chi connectivity index (χ1v) is 4.28. The van der Waals surface area contributed by atoms with Gasteiger partial charge in [-0.15, -0.1) is 6.58 Å². The first kappa shape index (κ1) is 9.05. The molecule has 0 aliphatic carbocycles. The predicted octanol–water partition coefficient (Wildman–Crippen LogP) is 1.64. The van der Waals surface area contributed by atoms with E-state index in [0.29, 0.717) is 5.25 Å². The highest BCUT2D eigenvalue weighted by Crippen LogP contribution is 2.09. The largest absolute Gasteiger partial charge is 0.329 e. The Balaban J connectivity index is 2.96. The molecule has 0 aliphatic heterocycles. The maximum Gasteiger partial charge on any atom is 0.0142 e. The molecule has 2 heteroatoms. The summed E-state index contributed by atoms with van der Waals surface area (Å²) in [6.07, 6.45) is 3.03. The van der Waals surface area contributed by atoms with Gasteiger partial charge in [0.15, 0.2) is 0 Å². The van der Waals surface area contributed by atoms with Crippen molar-refractivity contribution in [3.8, 4) is 0 Å². The molecule has 9 heavy (non-hydrogen) atoms. The van der Waals surface area contributed by atoms with E-state index < -0.39 is 0 Å². The van der Waals surface area contributed by atoms with Gasteiger partial charge >= 0.3 is 0 Å². The average Bonchev–Trinajstić information content (AvgIpc) is 1.89. The number of allylic oxidation sites excluding steroid dienone is 1. The Kier molecular flexibility index (Phi) is 6.21. The average molecular weight is 145 g/mol. The number of nitrogens with two attached hydrogens (primary N) is 1. The van der Waals surface area contributed by atoms with Crippen LogP contribution in [-0.2, 0) is 0 Å². The van der Waals surface area contributed by atoms with Crippen molar-refractivity contribution in [1.29, 1.82) is 0 Å². The van der Waals surface area contributed by atoms with E-state index in [-0.39, 0.29) is 0 Å². The second-order valence-electron chi connectivity index (χ2n) is 1.99. The van der Waals surface area contributed by atoms with Crippen molar-refractivity contribution in [2.75, 3.05) is 12.3 Å². The van der Waals surface area contributed by atoms with Crippen LogP contribution in [0.2, 0.25) is 0 Å². The van der Waals surface area contributed by atoms with Crippen molar-refractivity contribution in [3.63, 3.8) is 0 Å². The Bertz CT molecular complexity index is 73.3. The van der Waals surface area contributed by atoms with Gasteiger partial charge in [-0.25, -0.2) is 0 Å². The molecule has 1 unspecified atom stereocenters. The minimum Gasteiger partial charge on any atom is -0.329 e. The number of thioether (sulfide) groups is 1. The third-order valence-corrected chi connectivity index (χ3v) is 2.29. The van der Waals surface area contributed by atoms with Crippen LogP contribution in [0.25, 0.3) is 0 Å². The summed E-state index contributed by atoms with van der Waals surface area (Å²) in [7, 11) is 0. The first-order chi connectivity index (χ1) is 4.31. The summed E-state index contributed by atoms with van der Waals surface area (Å²) in [5.74, 6) is 1.15. The third kappa shape index (κ3) is 5.93. The molecule has 0 aromatic carbocycles. The van der Waals surface area contributed by atoms with Crippen LogP contribution in [0.5, 0.6) is 0 Å². The Labute approximate surface area is 61.7 Å². The lowest BCUT2D eigenvalue weighted by atomic mass is 10.5. The zero-order chi connectivity index (χ0) is 7.11. The first-order valence-electron chi connectivity index (χ1n) is 3.23. The molecule has 0 spiro atoms. The molecule has 1 nitrogen and oxygen atoms in total. The van der Waals surface area contributed by atoms with Gasteiger partial charge < -0.3 is 5.73 Å².